The molecule has 2 rings (SSSR count). The van der Waals surface area contributed by atoms with Gasteiger partial charge in [-0.25, -0.2) is 4.98 Å². The summed E-state index contributed by atoms with van der Waals surface area (Å²) in [5, 5.41) is 4.35. The van der Waals surface area contributed by atoms with E-state index in [1.165, 1.54) is 0 Å². The molecular formula is C10H13BrN2OS. The second kappa shape index (κ2) is 5.84. The third-order valence-corrected chi connectivity index (χ3v) is 4.17. The number of thioether (sulfide) groups is 1. The molecule has 1 N–H and O–H groups in total. The summed E-state index contributed by atoms with van der Waals surface area (Å²) in [5.41, 5.74) is 0. The highest BCUT2D eigenvalue weighted by atomic mass is 79.9. The molecule has 1 aromatic heterocycles. The van der Waals surface area contributed by atoms with Gasteiger partial charge in [-0.2, -0.15) is 0 Å². The van der Waals surface area contributed by atoms with E-state index in [0.717, 1.165) is 34.9 Å². The minimum absolute atomic E-state index is 0.303. The Labute approximate surface area is 102 Å². The predicted octanol–water partition coefficient (Wildman–Crippen LogP) is 1.92. The number of rotatable bonds is 3. The van der Waals surface area contributed by atoms with Gasteiger partial charge in [0.2, 0.25) is 0 Å². The number of hydrogen-bond acceptors (Lipinski definition) is 4. The van der Waals surface area contributed by atoms with Crippen LogP contribution < -0.4 is 5.32 Å². The Morgan fingerprint density at radius 2 is 2.60 bits per heavy atom. The molecule has 1 aliphatic heterocycles. The molecule has 0 amide bonds. The van der Waals surface area contributed by atoms with E-state index in [0.29, 0.717) is 6.10 Å². The highest BCUT2D eigenvalue weighted by Gasteiger charge is 2.14. The predicted molar refractivity (Wildman–Crippen MR) is 65.3 cm³/mol. The highest BCUT2D eigenvalue weighted by Crippen LogP contribution is 2.25. The molecule has 0 bridgehead atoms. The fourth-order valence-corrected chi connectivity index (χ4v) is 2.87. The molecule has 15 heavy (non-hydrogen) atoms. The van der Waals surface area contributed by atoms with Crippen LogP contribution >= 0.6 is 27.7 Å². The van der Waals surface area contributed by atoms with Crippen molar-refractivity contribution in [3.8, 4) is 0 Å². The SMILES string of the molecule is Brc1cccnc1SCC1CNCCO1. The van der Waals surface area contributed by atoms with Crippen molar-refractivity contribution in [1.29, 1.82) is 0 Å². The summed E-state index contributed by atoms with van der Waals surface area (Å²) in [6.45, 7) is 2.72. The zero-order valence-electron chi connectivity index (χ0n) is 8.28. The van der Waals surface area contributed by atoms with Crippen molar-refractivity contribution < 1.29 is 4.74 Å². The zero-order valence-corrected chi connectivity index (χ0v) is 10.7. The van der Waals surface area contributed by atoms with Crippen LogP contribution in [-0.2, 0) is 4.74 Å². The van der Waals surface area contributed by atoms with E-state index in [1.54, 1.807) is 11.8 Å². The zero-order chi connectivity index (χ0) is 10.5. The lowest BCUT2D eigenvalue weighted by Gasteiger charge is -2.23. The monoisotopic (exact) mass is 288 g/mol. The second-order valence-electron chi connectivity index (χ2n) is 3.30. The summed E-state index contributed by atoms with van der Waals surface area (Å²) < 4.78 is 6.67. The molecule has 1 unspecified atom stereocenters. The van der Waals surface area contributed by atoms with Crippen LogP contribution in [0.25, 0.3) is 0 Å². The standard InChI is InChI=1S/C10H13BrN2OS/c11-9-2-1-3-13-10(9)15-7-8-6-12-4-5-14-8/h1-3,8,12H,4-7H2. The first kappa shape index (κ1) is 11.4. The molecule has 1 aliphatic rings. The highest BCUT2D eigenvalue weighted by molar-refractivity contribution is 9.10. The first-order chi connectivity index (χ1) is 7.36. The van der Waals surface area contributed by atoms with Gasteiger partial charge in [-0.15, -0.1) is 11.8 Å². The van der Waals surface area contributed by atoms with Crippen LogP contribution in [0.4, 0.5) is 0 Å². The number of hydrogen-bond donors (Lipinski definition) is 1. The molecule has 0 aliphatic carbocycles. The number of ether oxygens (including phenoxy) is 1. The van der Waals surface area contributed by atoms with Gasteiger partial charge in [0.1, 0.15) is 5.03 Å². The van der Waals surface area contributed by atoms with E-state index in [2.05, 4.69) is 26.2 Å². The lowest BCUT2D eigenvalue weighted by atomic mass is 10.3. The number of nitrogens with zero attached hydrogens (tertiary/aromatic N) is 1. The number of pyridine rings is 1. The van der Waals surface area contributed by atoms with Crippen molar-refractivity contribution in [3.05, 3.63) is 22.8 Å². The van der Waals surface area contributed by atoms with E-state index in [9.17, 15) is 0 Å². The average molecular weight is 289 g/mol. The first-order valence-electron chi connectivity index (χ1n) is 4.92. The molecule has 1 saturated heterocycles. The average Bonchev–Trinajstić information content (AvgIpc) is 2.29. The Hall–Kier alpha value is -0.100. The van der Waals surface area contributed by atoms with Crippen LogP contribution in [0.2, 0.25) is 0 Å². The van der Waals surface area contributed by atoms with Gasteiger partial charge in [-0.1, -0.05) is 0 Å². The fraction of sp³-hybridized carbons (Fsp3) is 0.500. The number of aromatic nitrogens is 1. The van der Waals surface area contributed by atoms with Gasteiger partial charge in [0.05, 0.1) is 12.7 Å². The van der Waals surface area contributed by atoms with Crippen LogP contribution in [0.3, 0.4) is 0 Å². The van der Waals surface area contributed by atoms with Gasteiger partial charge < -0.3 is 10.1 Å². The quantitative estimate of drug-likeness (QED) is 0.862. The largest absolute Gasteiger partial charge is 0.375 e. The van der Waals surface area contributed by atoms with Crippen LogP contribution in [0.15, 0.2) is 27.8 Å². The van der Waals surface area contributed by atoms with Crippen molar-refractivity contribution in [2.75, 3.05) is 25.4 Å². The number of halogens is 1. The minimum Gasteiger partial charge on any atom is -0.375 e. The van der Waals surface area contributed by atoms with Gasteiger partial charge >= 0.3 is 0 Å². The topological polar surface area (TPSA) is 34.2 Å². The lowest BCUT2D eigenvalue weighted by Crippen LogP contribution is -2.39. The van der Waals surface area contributed by atoms with Crippen molar-refractivity contribution in [3.63, 3.8) is 0 Å². The smallest absolute Gasteiger partial charge is 0.110 e. The molecule has 82 valence electrons. The van der Waals surface area contributed by atoms with Gasteiger partial charge in [0.15, 0.2) is 0 Å². The molecule has 1 fully saturated rings. The maximum absolute atomic E-state index is 5.61. The van der Waals surface area contributed by atoms with E-state index >= 15 is 0 Å². The van der Waals surface area contributed by atoms with E-state index in [-0.39, 0.29) is 0 Å². The number of morpholine rings is 1. The Kier molecular flexibility index (Phi) is 4.43. The van der Waals surface area contributed by atoms with Crippen LogP contribution in [0.1, 0.15) is 0 Å². The maximum atomic E-state index is 5.61. The Morgan fingerprint density at radius 3 is 3.33 bits per heavy atom. The Morgan fingerprint density at radius 1 is 1.67 bits per heavy atom. The van der Waals surface area contributed by atoms with E-state index < -0.39 is 0 Å². The molecule has 5 heteroatoms. The molecule has 0 aromatic carbocycles. The van der Waals surface area contributed by atoms with E-state index in [4.69, 9.17) is 4.74 Å². The summed E-state index contributed by atoms with van der Waals surface area (Å²) in [6, 6.07) is 3.93. The van der Waals surface area contributed by atoms with Crippen molar-refractivity contribution >= 4 is 27.7 Å². The van der Waals surface area contributed by atoms with Crippen LogP contribution in [0.5, 0.6) is 0 Å². The third kappa shape index (κ3) is 3.45. The van der Waals surface area contributed by atoms with Gasteiger partial charge in [0, 0.05) is 29.5 Å². The van der Waals surface area contributed by atoms with Crippen molar-refractivity contribution in [2.45, 2.75) is 11.1 Å². The van der Waals surface area contributed by atoms with Crippen LogP contribution in [0, 0.1) is 0 Å². The van der Waals surface area contributed by atoms with Crippen LogP contribution in [-0.4, -0.2) is 36.5 Å². The summed E-state index contributed by atoms with van der Waals surface area (Å²) in [6.07, 6.45) is 2.12. The summed E-state index contributed by atoms with van der Waals surface area (Å²) in [7, 11) is 0. The number of nitrogens with one attached hydrogen (secondary N) is 1. The first-order valence-corrected chi connectivity index (χ1v) is 6.70. The molecule has 2 heterocycles. The van der Waals surface area contributed by atoms with Gasteiger partial charge in [0.25, 0.3) is 0 Å². The van der Waals surface area contributed by atoms with Gasteiger partial charge in [-0.05, 0) is 28.1 Å². The Bertz CT molecular complexity index is 318. The summed E-state index contributed by atoms with van der Waals surface area (Å²) in [4.78, 5) is 4.30. The summed E-state index contributed by atoms with van der Waals surface area (Å²) >= 11 is 5.21. The molecule has 1 atom stereocenters. The molecular weight excluding hydrogens is 276 g/mol. The summed E-state index contributed by atoms with van der Waals surface area (Å²) in [5.74, 6) is 0.947. The molecule has 0 saturated carbocycles. The lowest BCUT2D eigenvalue weighted by molar-refractivity contribution is 0.0440. The fourth-order valence-electron chi connectivity index (χ4n) is 1.38. The molecule has 0 spiro atoms. The normalized spacial score (nSPS) is 21.5. The maximum Gasteiger partial charge on any atom is 0.110 e. The van der Waals surface area contributed by atoms with Gasteiger partial charge in [-0.3, -0.25) is 0 Å². The molecule has 1 aromatic rings. The molecule has 0 radical (unpaired) electrons. The van der Waals surface area contributed by atoms with Crippen molar-refractivity contribution in [2.24, 2.45) is 0 Å². The van der Waals surface area contributed by atoms with E-state index in [1.807, 2.05) is 18.3 Å². The molecule has 3 nitrogen and oxygen atoms in total. The minimum atomic E-state index is 0.303. The third-order valence-electron chi connectivity index (χ3n) is 2.14. The Balaban J connectivity index is 1.84. The second-order valence-corrected chi connectivity index (χ2v) is 5.16. The van der Waals surface area contributed by atoms with Crippen molar-refractivity contribution in [1.82, 2.24) is 10.3 Å².